The van der Waals surface area contributed by atoms with E-state index in [0.717, 1.165) is 44.9 Å². The van der Waals surface area contributed by atoms with E-state index in [2.05, 4.69) is 50.3 Å². The van der Waals surface area contributed by atoms with Crippen LogP contribution in [0.2, 0.25) is 0 Å². The Morgan fingerprint density at radius 2 is 1.15 bits per heavy atom. The highest BCUT2D eigenvalue weighted by Crippen LogP contribution is 2.43. The number of phosphoric acid groups is 1. The second kappa shape index (κ2) is 35.0. The van der Waals surface area contributed by atoms with Crippen LogP contribution in [0.25, 0.3) is 0 Å². The molecule has 2 atom stereocenters. The van der Waals surface area contributed by atoms with E-state index in [1.165, 1.54) is 89.9 Å². The van der Waals surface area contributed by atoms with Gasteiger partial charge in [-0.3, -0.25) is 13.8 Å². The van der Waals surface area contributed by atoms with Crippen LogP contribution in [0.15, 0.2) is 36.5 Å². The SMILES string of the molecule is CCCCCCC/C=C\C/C=C\C/C=C\CCCCCCCCCCCOCC(COP(=O)(O)OCCN)OC(=O)CCCCC. The fourth-order valence-electron chi connectivity index (χ4n) is 4.82. The summed E-state index contributed by atoms with van der Waals surface area (Å²) in [7, 11) is -4.25. The third-order valence-electron chi connectivity index (χ3n) is 7.56. The molecule has 0 amide bonds. The molecule has 0 aliphatic heterocycles. The highest BCUT2D eigenvalue weighted by Gasteiger charge is 2.25. The van der Waals surface area contributed by atoms with E-state index in [1.54, 1.807) is 0 Å². The van der Waals surface area contributed by atoms with Crippen molar-refractivity contribution in [2.75, 3.05) is 33.0 Å². The van der Waals surface area contributed by atoms with Gasteiger partial charge in [-0.05, 0) is 51.4 Å². The molecule has 0 radical (unpaired) electrons. The number of ether oxygens (including phenoxy) is 2. The average molecular weight is 672 g/mol. The van der Waals surface area contributed by atoms with E-state index in [9.17, 15) is 14.3 Å². The fraction of sp³-hybridized carbons (Fsp3) is 0.811. The summed E-state index contributed by atoms with van der Waals surface area (Å²) in [5, 5.41) is 0. The van der Waals surface area contributed by atoms with Gasteiger partial charge in [0.25, 0.3) is 0 Å². The molecule has 0 saturated carbocycles. The van der Waals surface area contributed by atoms with Gasteiger partial charge in [0.15, 0.2) is 0 Å². The summed E-state index contributed by atoms with van der Waals surface area (Å²) < 4.78 is 32.8. The standard InChI is InChI=1S/C37H70NO7P/c1-3-5-7-8-9-10-11-12-13-14-15-16-17-18-19-20-21-22-23-24-25-26-27-29-32-42-34-36(45-37(39)30-28-6-4-2)35-44-46(40,41)43-33-31-38/h11-12,14-15,17-18,36H,3-10,13,16,19-35,38H2,1-2H3,(H,40,41)/b12-11-,15-14-,18-17-. The number of phosphoric ester groups is 1. The van der Waals surface area contributed by atoms with Crippen molar-refractivity contribution >= 4 is 13.8 Å². The van der Waals surface area contributed by atoms with E-state index >= 15 is 0 Å². The van der Waals surface area contributed by atoms with Gasteiger partial charge in [-0.15, -0.1) is 0 Å². The van der Waals surface area contributed by atoms with Gasteiger partial charge in [0.2, 0.25) is 0 Å². The maximum atomic E-state index is 12.2. The fourth-order valence-corrected chi connectivity index (χ4v) is 5.59. The second-order valence-electron chi connectivity index (χ2n) is 12.1. The van der Waals surface area contributed by atoms with Crippen LogP contribution >= 0.6 is 7.82 Å². The molecule has 0 aromatic rings. The smallest absolute Gasteiger partial charge is 0.457 e. The predicted octanol–water partition coefficient (Wildman–Crippen LogP) is 10.3. The second-order valence-corrected chi connectivity index (χ2v) is 13.5. The molecule has 0 saturated heterocycles. The summed E-state index contributed by atoms with van der Waals surface area (Å²) in [5.74, 6) is -0.358. The molecule has 0 spiro atoms. The van der Waals surface area contributed by atoms with Crippen LogP contribution in [0.3, 0.4) is 0 Å². The van der Waals surface area contributed by atoms with Gasteiger partial charge in [0, 0.05) is 19.6 Å². The Morgan fingerprint density at radius 1 is 0.652 bits per heavy atom. The van der Waals surface area contributed by atoms with Gasteiger partial charge in [-0.25, -0.2) is 4.57 Å². The molecule has 0 aliphatic carbocycles. The zero-order valence-electron chi connectivity index (χ0n) is 29.6. The normalized spacial score (nSPS) is 14.1. The minimum Gasteiger partial charge on any atom is -0.457 e. The number of allylic oxidation sites excluding steroid dienone is 6. The molecule has 0 aromatic carbocycles. The van der Waals surface area contributed by atoms with Crippen molar-refractivity contribution in [3.63, 3.8) is 0 Å². The van der Waals surface area contributed by atoms with E-state index in [1.807, 2.05) is 0 Å². The van der Waals surface area contributed by atoms with Crippen LogP contribution in [0.1, 0.15) is 155 Å². The molecule has 270 valence electrons. The van der Waals surface area contributed by atoms with Gasteiger partial charge in [0.1, 0.15) is 6.10 Å². The lowest BCUT2D eigenvalue weighted by Gasteiger charge is -2.20. The number of rotatable bonds is 35. The Kier molecular flexibility index (Phi) is 34.1. The molecule has 0 fully saturated rings. The number of nitrogens with two attached hydrogens (primary N) is 1. The third-order valence-corrected chi connectivity index (χ3v) is 8.54. The number of hydrogen-bond acceptors (Lipinski definition) is 7. The summed E-state index contributed by atoms with van der Waals surface area (Å²) in [4.78, 5) is 21.9. The summed E-state index contributed by atoms with van der Waals surface area (Å²) in [6.45, 7) is 4.71. The Hall–Kier alpha value is -1.28. The molecule has 0 aromatic heterocycles. The number of esters is 1. The Bertz CT molecular complexity index is 803. The van der Waals surface area contributed by atoms with E-state index < -0.39 is 13.9 Å². The van der Waals surface area contributed by atoms with Crippen molar-refractivity contribution in [3.8, 4) is 0 Å². The number of carbonyl (C=O) groups is 1. The van der Waals surface area contributed by atoms with Gasteiger partial charge in [-0.1, -0.05) is 134 Å². The summed E-state index contributed by atoms with van der Waals surface area (Å²) >= 11 is 0. The molecule has 0 rings (SSSR count). The quantitative estimate of drug-likeness (QED) is 0.0296. The highest BCUT2D eigenvalue weighted by atomic mass is 31.2. The van der Waals surface area contributed by atoms with E-state index in [-0.39, 0.29) is 32.3 Å². The zero-order chi connectivity index (χ0) is 33.8. The summed E-state index contributed by atoms with van der Waals surface area (Å²) in [6, 6.07) is 0. The van der Waals surface area contributed by atoms with E-state index in [0.29, 0.717) is 13.0 Å². The van der Waals surface area contributed by atoms with Crippen molar-refractivity contribution in [1.29, 1.82) is 0 Å². The van der Waals surface area contributed by atoms with Crippen molar-refractivity contribution in [1.82, 2.24) is 0 Å². The van der Waals surface area contributed by atoms with Gasteiger partial charge in [-0.2, -0.15) is 0 Å². The molecule has 0 heterocycles. The number of unbranched alkanes of at least 4 members (excludes halogenated alkanes) is 16. The van der Waals surface area contributed by atoms with Crippen LogP contribution < -0.4 is 5.73 Å². The lowest BCUT2D eigenvalue weighted by Crippen LogP contribution is -2.28. The molecule has 46 heavy (non-hydrogen) atoms. The summed E-state index contributed by atoms with van der Waals surface area (Å²) in [6.07, 6.45) is 38.2. The average Bonchev–Trinajstić information content (AvgIpc) is 3.04. The summed E-state index contributed by atoms with van der Waals surface area (Å²) in [5.41, 5.74) is 5.31. The Balaban J connectivity index is 3.77. The van der Waals surface area contributed by atoms with E-state index in [4.69, 9.17) is 24.3 Å². The first kappa shape index (κ1) is 44.7. The number of hydrogen-bond donors (Lipinski definition) is 2. The highest BCUT2D eigenvalue weighted by molar-refractivity contribution is 7.47. The lowest BCUT2D eigenvalue weighted by molar-refractivity contribution is -0.154. The molecule has 9 heteroatoms. The predicted molar refractivity (Wildman–Crippen MR) is 192 cm³/mol. The monoisotopic (exact) mass is 671 g/mol. The van der Waals surface area contributed by atoms with Crippen molar-refractivity contribution in [2.45, 2.75) is 161 Å². The first-order valence-corrected chi connectivity index (χ1v) is 20.0. The topological polar surface area (TPSA) is 117 Å². The first-order valence-electron chi connectivity index (χ1n) is 18.5. The first-order chi connectivity index (χ1) is 22.4. The lowest BCUT2D eigenvalue weighted by atomic mass is 10.1. The molecular formula is C37H70NO7P. The van der Waals surface area contributed by atoms with Crippen LogP contribution in [-0.4, -0.2) is 49.9 Å². The number of carbonyl (C=O) groups excluding carboxylic acids is 1. The molecule has 3 N–H and O–H groups in total. The van der Waals surface area contributed by atoms with Gasteiger partial charge >= 0.3 is 13.8 Å². The molecule has 2 unspecified atom stereocenters. The maximum absolute atomic E-state index is 12.2. The zero-order valence-corrected chi connectivity index (χ0v) is 30.4. The Morgan fingerprint density at radius 3 is 1.72 bits per heavy atom. The Labute approximate surface area is 282 Å². The minimum atomic E-state index is -4.25. The van der Waals surface area contributed by atoms with Gasteiger partial charge in [0.05, 0.1) is 19.8 Å². The van der Waals surface area contributed by atoms with Crippen molar-refractivity contribution in [2.24, 2.45) is 5.73 Å². The van der Waals surface area contributed by atoms with Gasteiger partial charge < -0.3 is 20.1 Å². The molecule has 0 bridgehead atoms. The van der Waals surface area contributed by atoms with Crippen molar-refractivity contribution in [3.05, 3.63) is 36.5 Å². The molecule has 8 nitrogen and oxygen atoms in total. The minimum absolute atomic E-state index is 0.0976. The molecule has 0 aliphatic rings. The van der Waals surface area contributed by atoms with Crippen molar-refractivity contribution < 1.29 is 32.8 Å². The largest absolute Gasteiger partial charge is 0.472 e. The van der Waals surface area contributed by atoms with Crippen LogP contribution in [0, 0.1) is 0 Å². The maximum Gasteiger partial charge on any atom is 0.472 e. The van der Waals surface area contributed by atoms with Crippen LogP contribution in [-0.2, 0) is 27.9 Å². The van der Waals surface area contributed by atoms with Crippen LogP contribution in [0.5, 0.6) is 0 Å². The third kappa shape index (κ3) is 34.1. The van der Waals surface area contributed by atoms with Crippen LogP contribution in [0.4, 0.5) is 0 Å². The molecular weight excluding hydrogens is 601 g/mol.